The lowest BCUT2D eigenvalue weighted by Crippen LogP contribution is -2.47. The molecule has 15 rings (SSSR count). The van der Waals surface area contributed by atoms with Gasteiger partial charge in [0.25, 0.3) is 0 Å². The highest BCUT2D eigenvalue weighted by molar-refractivity contribution is 9.11. The number of benzene rings is 6. The number of fused-ring (bicyclic) bond motifs is 9. The van der Waals surface area contributed by atoms with Crippen LogP contribution in [0.2, 0.25) is 0 Å². The van der Waals surface area contributed by atoms with Crippen LogP contribution in [0.15, 0.2) is 153 Å². The molecule has 0 bridgehead atoms. The smallest absolute Gasteiger partial charge is 0.219 e. The van der Waals surface area contributed by atoms with Gasteiger partial charge in [0.05, 0.1) is 25.9 Å². The first-order valence-electron chi connectivity index (χ1n) is 35.1. The molecule has 17 heteroatoms. The monoisotopic (exact) mass is 1480 g/mol. The number of aryl methyl sites for hydroxylation is 3. The van der Waals surface area contributed by atoms with E-state index in [4.69, 9.17) is 9.47 Å². The summed E-state index contributed by atoms with van der Waals surface area (Å²) in [6.45, 7) is 24.9. The van der Waals surface area contributed by atoms with E-state index in [1.165, 1.54) is 151 Å². The van der Waals surface area contributed by atoms with Crippen LogP contribution in [0, 0.1) is 0 Å². The Balaban J connectivity index is 0.000000131. The highest BCUT2D eigenvalue weighted by atomic mass is 79.9. The predicted molar refractivity (Wildman–Crippen MR) is 401 cm³/mol. The molecule has 3 saturated heterocycles. The van der Waals surface area contributed by atoms with Crippen molar-refractivity contribution in [2.24, 2.45) is 0 Å². The molecule has 6 heterocycles. The molecule has 96 heavy (non-hydrogen) atoms. The third-order valence-electron chi connectivity index (χ3n) is 20.8. The fourth-order valence-electron chi connectivity index (χ4n) is 15.4. The molecule has 1 amide bonds. The summed E-state index contributed by atoms with van der Waals surface area (Å²) in [5, 5.41) is 15.6. The largest absolute Gasteiger partial charge is 0.383 e. The molecular weight excluding hydrogens is 1390 g/mol. The number of hydrogen-bond acceptors (Lipinski definition) is 10. The van der Waals surface area contributed by atoms with Gasteiger partial charge in [-0.25, -0.2) is 0 Å². The molecule has 0 saturated carbocycles. The van der Waals surface area contributed by atoms with E-state index in [-0.39, 0.29) is 18.0 Å². The van der Waals surface area contributed by atoms with Gasteiger partial charge < -0.3 is 44.9 Å². The Hall–Kier alpha value is -5.93. The molecule has 3 aliphatic heterocycles. The number of carbonyl (C=O) groups excluding carboxylic acids is 1. The van der Waals surface area contributed by atoms with Gasteiger partial charge in [-0.2, -0.15) is 0 Å². The van der Waals surface area contributed by atoms with Crippen LogP contribution in [0.25, 0.3) is 32.7 Å². The van der Waals surface area contributed by atoms with Crippen LogP contribution in [-0.4, -0.2) is 138 Å². The van der Waals surface area contributed by atoms with E-state index in [1.807, 2.05) is 4.90 Å². The van der Waals surface area contributed by atoms with Crippen molar-refractivity contribution in [3.05, 3.63) is 220 Å². The van der Waals surface area contributed by atoms with Crippen LogP contribution in [0.5, 0.6) is 0 Å². The second kappa shape index (κ2) is 32.4. The van der Waals surface area contributed by atoms with Crippen LogP contribution in [-0.2, 0) is 66.3 Å². The lowest BCUT2D eigenvalue weighted by Gasteiger charge is -2.36. The van der Waals surface area contributed by atoms with Crippen molar-refractivity contribution < 1.29 is 14.3 Å². The first-order valence-corrected chi connectivity index (χ1v) is 37.5. The van der Waals surface area contributed by atoms with E-state index in [0.29, 0.717) is 18.7 Å². The summed E-state index contributed by atoms with van der Waals surface area (Å²) in [7, 11) is 1.77. The first kappa shape index (κ1) is 68.6. The van der Waals surface area contributed by atoms with Crippen molar-refractivity contribution in [1.29, 1.82) is 0 Å². The Kier molecular flexibility index (Phi) is 23.1. The predicted octanol–water partition coefficient (Wildman–Crippen LogP) is 15.6. The average molecular weight is 1490 g/mol. The van der Waals surface area contributed by atoms with E-state index >= 15 is 0 Å². The molecule has 506 valence electrons. The number of carbonyl (C=O) groups is 1. The molecule has 9 aromatic rings. The third-order valence-corrected chi connectivity index (χ3v) is 22.3. The summed E-state index contributed by atoms with van der Waals surface area (Å²) in [6, 6.07) is 48.1. The third kappa shape index (κ3) is 17.0. The molecule has 0 radical (unpaired) electrons. The lowest BCUT2D eigenvalue weighted by molar-refractivity contribution is -0.130. The summed E-state index contributed by atoms with van der Waals surface area (Å²) in [5.74, 6) is 0.177. The van der Waals surface area contributed by atoms with Crippen LogP contribution in [0.4, 0.5) is 0 Å². The van der Waals surface area contributed by atoms with E-state index < -0.39 is 0 Å². The van der Waals surface area contributed by atoms with Gasteiger partial charge in [-0.1, -0.05) is 127 Å². The van der Waals surface area contributed by atoms with Gasteiger partial charge in [-0.15, -0.1) is 0 Å². The van der Waals surface area contributed by atoms with Gasteiger partial charge >= 0.3 is 0 Å². The molecule has 6 aromatic carbocycles. The van der Waals surface area contributed by atoms with Crippen LogP contribution in [0.3, 0.4) is 0 Å². The van der Waals surface area contributed by atoms with Gasteiger partial charge in [-0.05, 0) is 169 Å². The lowest BCUT2D eigenvalue weighted by atomic mass is 9.90. The minimum atomic E-state index is 0.127. The summed E-state index contributed by atoms with van der Waals surface area (Å²) < 4.78 is 14.5. The Labute approximate surface area is 593 Å². The van der Waals surface area contributed by atoms with Crippen molar-refractivity contribution in [2.75, 3.05) is 92.4 Å². The minimum absolute atomic E-state index is 0.127. The van der Waals surface area contributed by atoms with Gasteiger partial charge in [0, 0.05) is 199 Å². The fourth-order valence-corrected chi connectivity index (χ4v) is 16.5. The summed E-state index contributed by atoms with van der Waals surface area (Å²) in [5.41, 5.74) is 21.5. The van der Waals surface area contributed by atoms with Gasteiger partial charge in [0.15, 0.2) is 0 Å². The number of aromatic nitrogens is 3. The number of methoxy groups -OCH3 is 1. The van der Waals surface area contributed by atoms with Crippen molar-refractivity contribution in [1.82, 2.24) is 55.4 Å². The zero-order valence-electron chi connectivity index (χ0n) is 56.3. The minimum Gasteiger partial charge on any atom is -0.383 e. The molecule has 3 fully saturated rings. The number of piperazine rings is 2. The van der Waals surface area contributed by atoms with Crippen LogP contribution >= 0.6 is 47.8 Å². The zero-order chi connectivity index (χ0) is 66.1. The van der Waals surface area contributed by atoms with E-state index in [9.17, 15) is 4.79 Å². The molecule has 14 nitrogen and oxygen atoms in total. The Morgan fingerprint density at radius 1 is 0.510 bits per heavy atom. The SMILES string of the molecule is Brc1ccc2[nH]c3c(c2c1)CCC[C@H]3NCc1ccc(CN2CCOCC2)cc1.C=C(C)N1CCN(Cc2ccc(CN[C@@H]3CCCc4c3[nH]c3ccc(Br)cc43)cc2)CC1.COCC(N[C@@H]1CCCc2c1[nH]c1ccc(Br)cc21)c1ccc(CN2CCN(C(C)=O)CC2)cc1. The standard InChI is InChI=1S/C28H35BrN4O2.C27H33BrN4.C24H28BrN3O/c1-19(34)33-14-12-32(13-15-33)17-20-6-8-21(9-7-20)27(18-35-2)30-26-5-3-4-23-24-16-22(29)10-11-25(24)31-28(23)26;1-19(2)32-14-12-31(13-15-32)18-21-8-6-20(7-9-21)17-29-26-5-3-4-23-24-16-22(28)10-11-25(24)30-27(23)26;25-19-8-9-22-21(14-19)20-2-1-3-23(24(20)27-22)26-15-17-4-6-18(7-5-17)16-28-10-12-29-13-11-28/h6-11,16,26-27,30-31H,3-5,12-15,17-18H2,1-2H3;6-11,16,26,29-30H,1,3-5,12-15,17-18H2,2H3;4-9,14,23,26-27H,1-3,10-13,15-16H2/t26-,27?;26-;23-/m111/s1. The van der Waals surface area contributed by atoms with Crippen LogP contribution < -0.4 is 16.0 Å². The Morgan fingerprint density at radius 2 is 0.885 bits per heavy atom. The quantitative estimate of drug-likeness (QED) is 0.0493. The Morgan fingerprint density at radius 3 is 1.29 bits per heavy atom. The summed E-state index contributed by atoms with van der Waals surface area (Å²) >= 11 is 10.9. The summed E-state index contributed by atoms with van der Waals surface area (Å²) in [4.78, 5) is 34.4. The molecule has 0 spiro atoms. The van der Waals surface area contributed by atoms with Gasteiger partial charge in [0.1, 0.15) is 0 Å². The second-order valence-corrected chi connectivity index (χ2v) is 30.2. The number of aromatic amines is 3. The number of rotatable bonds is 18. The summed E-state index contributed by atoms with van der Waals surface area (Å²) in [6.07, 6.45) is 10.6. The van der Waals surface area contributed by atoms with Crippen molar-refractivity contribution in [3.63, 3.8) is 0 Å². The van der Waals surface area contributed by atoms with E-state index in [1.54, 1.807) is 14.0 Å². The number of halogens is 3. The topological polar surface area (TPSA) is 135 Å². The number of nitrogens with one attached hydrogen (secondary N) is 6. The molecule has 3 aromatic heterocycles. The molecule has 6 N–H and O–H groups in total. The Bertz CT molecular complexity index is 4070. The number of ether oxygens (including phenoxy) is 2. The normalized spacial score (nSPS) is 19.7. The van der Waals surface area contributed by atoms with Crippen molar-refractivity contribution in [2.45, 2.75) is 129 Å². The molecule has 3 aliphatic carbocycles. The number of allylic oxidation sites excluding steroid dienone is 1. The van der Waals surface area contributed by atoms with Crippen molar-refractivity contribution in [3.8, 4) is 0 Å². The molecule has 6 aliphatic rings. The number of amides is 1. The van der Waals surface area contributed by atoms with Gasteiger partial charge in [0.2, 0.25) is 5.91 Å². The van der Waals surface area contributed by atoms with E-state index in [0.717, 1.165) is 138 Å². The number of morpholine rings is 1. The number of hydrogen-bond donors (Lipinski definition) is 6. The number of nitrogens with zero attached hydrogens (tertiary/aromatic N) is 5. The van der Waals surface area contributed by atoms with Gasteiger partial charge in [-0.3, -0.25) is 24.8 Å². The maximum absolute atomic E-state index is 11.6. The fraction of sp³-hybridized carbons (Fsp3) is 0.430. The number of H-pyrrole nitrogens is 3. The van der Waals surface area contributed by atoms with E-state index in [2.05, 4.69) is 239 Å². The second-order valence-electron chi connectivity index (χ2n) is 27.4. The van der Waals surface area contributed by atoms with Crippen molar-refractivity contribution >= 4 is 86.4 Å². The average Bonchev–Trinajstić information content (AvgIpc) is 1.64. The molecule has 4 atom stereocenters. The van der Waals surface area contributed by atoms with Crippen LogP contribution in [0.1, 0.15) is 144 Å². The highest BCUT2D eigenvalue weighted by Crippen LogP contribution is 2.40. The highest BCUT2D eigenvalue weighted by Gasteiger charge is 2.30. The maximum Gasteiger partial charge on any atom is 0.219 e. The maximum atomic E-state index is 11.6. The molecular formula is C79H96Br3N11O3. The molecule has 1 unspecified atom stereocenters. The zero-order valence-corrected chi connectivity index (χ0v) is 61.1. The first-order chi connectivity index (χ1) is 46.8.